The number of aliphatic hydroxyl groups excluding tert-OH is 2. The summed E-state index contributed by atoms with van der Waals surface area (Å²) >= 11 is 8.05. The number of rotatable bonds is 34. The fourth-order valence-electron chi connectivity index (χ4n) is 7.91. The molecule has 1 aliphatic rings. The molecule has 1 radical (unpaired) electrons. The van der Waals surface area contributed by atoms with Gasteiger partial charge in [-0.3, -0.25) is 38.4 Å². The van der Waals surface area contributed by atoms with Gasteiger partial charge in [-0.25, -0.2) is 4.98 Å². The summed E-state index contributed by atoms with van der Waals surface area (Å²) in [5, 5.41) is 42.7. The average molecular weight is 1180 g/mol. The number of amides is 1. The lowest BCUT2D eigenvalue weighted by atomic mass is 9.43. The van der Waals surface area contributed by atoms with Crippen LogP contribution in [0.2, 0.25) is 11.6 Å². The Hall–Kier alpha value is -4.05. The second-order valence-corrected chi connectivity index (χ2v) is 25.4. The number of esters is 5. The van der Waals surface area contributed by atoms with Crippen molar-refractivity contribution in [2.45, 2.75) is 159 Å². The number of pyridine rings is 1. The van der Waals surface area contributed by atoms with Crippen molar-refractivity contribution in [1.82, 2.24) is 10.3 Å². The number of nitriles is 1. The number of hydrogen-bond donors (Lipinski definition) is 4. The van der Waals surface area contributed by atoms with E-state index in [1.165, 1.54) is 61.4 Å². The van der Waals surface area contributed by atoms with Crippen LogP contribution in [0, 0.1) is 22.2 Å². The van der Waals surface area contributed by atoms with Crippen molar-refractivity contribution < 1.29 is 91.6 Å². The van der Waals surface area contributed by atoms with Crippen molar-refractivity contribution in [3.63, 3.8) is 0 Å². The lowest BCUT2D eigenvalue weighted by Crippen LogP contribution is -2.65. The molecule has 1 aromatic rings. The molecule has 22 nitrogen and oxygen atoms in total. The predicted molar refractivity (Wildman–Crippen MR) is 292 cm³/mol. The number of nitrogens with zero attached hydrogens (tertiary/aromatic N) is 2. The molecule has 28 heteroatoms. The maximum absolute atomic E-state index is 14.4. The fourth-order valence-corrected chi connectivity index (χ4v) is 12.8. The standard InChI is InChI=1S/C49H71BN3O19S5/c1-11-74-45(73)76-49(10,44(64)68-22-23-75-77-34-14-12-13-17-52-34)26-47(8,42(62)53-24-29(2)54)27-50-48(9,25-46(7,28-51)16-15-35(59)60)43(63)67-21-19-65-18-20-66-41-40(71-33(6)58)39(70-32(5)57)38(69-31(4)56)37(72-41)36(61)30(3)55/h12-14,17,29,36-41,54,61H,11,15-16,18-27H2,1-10H3,(H,53,62)(H,59,60)/t29?,36?,37-,38+,39+,40-,41-,46?,47?,48?,49?/m1/s1. The number of carboxylic acids is 1. The number of carboxylic acid groups (broad SMARTS) is 1. The topological polar surface area (TPSA) is 320 Å². The van der Waals surface area contributed by atoms with E-state index in [1.807, 2.05) is 19.1 Å². The van der Waals surface area contributed by atoms with Crippen molar-refractivity contribution in [3.05, 3.63) is 24.4 Å². The molecule has 1 amide bonds. The molecule has 429 valence electrons. The van der Waals surface area contributed by atoms with Gasteiger partial charge in [0.15, 0.2) is 30.4 Å². The third-order valence-electron chi connectivity index (χ3n) is 11.5. The molecule has 6 unspecified atom stereocenters. The fraction of sp³-hybridized carbons (Fsp3) is 0.694. The van der Waals surface area contributed by atoms with E-state index < -0.39 is 118 Å². The van der Waals surface area contributed by atoms with E-state index in [9.17, 15) is 58.9 Å². The summed E-state index contributed by atoms with van der Waals surface area (Å²) in [4.78, 5) is 108. The summed E-state index contributed by atoms with van der Waals surface area (Å²) in [5.41, 5.74) is -2.94. The van der Waals surface area contributed by atoms with Crippen LogP contribution < -0.4 is 5.32 Å². The molecule has 1 saturated heterocycles. The SMILES string of the molecule is CCSC(=S)SC(C)(CC(C)(C[B]C(C)(CC(C)(C#N)CCC(=O)O)C(=O)OCCOCCO[C@@H]1O[C@H](C(O)C(C)=O)[C@H](OC(C)=O)[C@H](OC(C)=O)[C@H]1OC(C)=O)C(=O)NCC(C)O)C(=O)OCCSSc1ccccn1. The number of ketones is 1. The first-order chi connectivity index (χ1) is 36.0. The molecule has 77 heavy (non-hydrogen) atoms. The minimum atomic E-state index is -1.90. The molecule has 0 aliphatic carbocycles. The largest absolute Gasteiger partial charge is 0.481 e. The lowest BCUT2D eigenvalue weighted by Gasteiger charge is -2.45. The van der Waals surface area contributed by atoms with Crippen LogP contribution in [0.15, 0.2) is 29.4 Å². The van der Waals surface area contributed by atoms with Gasteiger partial charge in [-0.2, -0.15) is 5.26 Å². The van der Waals surface area contributed by atoms with Crippen LogP contribution in [0.1, 0.15) is 94.9 Å². The smallest absolute Gasteiger partial charge is 0.322 e. The number of hydrogen-bond acceptors (Lipinski definition) is 25. The average Bonchev–Trinajstić information content (AvgIpc) is 3.34. The number of carbonyl (C=O) groups is 8. The number of aromatic nitrogens is 1. The van der Waals surface area contributed by atoms with Gasteiger partial charge in [-0.1, -0.05) is 67.9 Å². The monoisotopic (exact) mass is 1180 g/mol. The number of Topliss-reactive ketones (excluding diaryl/α,β-unsaturated/α-hetero) is 1. The van der Waals surface area contributed by atoms with E-state index in [2.05, 4.69) is 16.4 Å². The lowest BCUT2D eigenvalue weighted by molar-refractivity contribution is -0.314. The molecule has 1 aliphatic heterocycles. The number of carbonyl (C=O) groups excluding carboxylic acids is 7. The number of thiocarbonyl (C=S) groups is 1. The maximum atomic E-state index is 14.4. The molecular weight excluding hydrogens is 1110 g/mol. The first kappa shape index (κ1) is 69.1. The highest BCUT2D eigenvalue weighted by Crippen LogP contribution is 2.48. The molecule has 2 rings (SSSR count). The normalized spacial score (nSPS) is 21.1. The maximum Gasteiger partial charge on any atom is 0.322 e. The Bertz CT molecular complexity index is 2220. The third kappa shape index (κ3) is 24.1. The van der Waals surface area contributed by atoms with E-state index in [1.54, 1.807) is 26.1 Å². The van der Waals surface area contributed by atoms with Crippen LogP contribution in [0.4, 0.5) is 0 Å². The number of thioether (sulfide) groups is 2. The summed E-state index contributed by atoms with van der Waals surface area (Å²) in [6, 6.07) is 7.65. The Morgan fingerprint density at radius 2 is 1.51 bits per heavy atom. The van der Waals surface area contributed by atoms with Crippen molar-refractivity contribution in [1.29, 1.82) is 5.26 Å². The van der Waals surface area contributed by atoms with Gasteiger partial charge in [0.05, 0.1) is 37.4 Å². The van der Waals surface area contributed by atoms with Crippen LogP contribution >= 0.6 is 57.3 Å². The van der Waals surface area contributed by atoms with Gasteiger partial charge in [-0.05, 0) is 75.6 Å². The summed E-state index contributed by atoms with van der Waals surface area (Å²) in [7, 11) is 4.36. The Labute approximate surface area is 471 Å². The van der Waals surface area contributed by atoms with Gasteiger partial charge in [-0.15, -0.1) is 11.8 Å². The molecule has 4 N–H and O–H groups in total. The summed E-state index contributed by atoms with van der Waals surface area (Å²) < 4.78 is 43.8. The first-order valence-electron chi connectivity index (χ1n) is 24.4. The summed E-state index contributed by atoms with van der Waals surface area (Å²) in [6.07, 6.45) is -10.4. The van der Waals surface area contributed by atoms with E-state index in [0.29, 0.717) is 15.0 Å². The molecule has 11 atom stereocenters. The molecule has 2 heterocycles. The predicted octanol–water partition coefficient (Wildman–Crippen LogP) is 4.92. The number of aliphatic carboxylic acids is 1. The third-order valence-corrected chi connectivity index (χ3v) is 16.4. The van der Waals surface area contributed by atoms with Gasteiger partial charge in [0.25, 0.3) is 0 Å². The quantitative estimate of drug-likeness (QED) is 0.0178. The number of aliphatic hydroxyl groups is 2. The summed E-state index contributed by atoms with van der Waals surface area (Å²) in [6.45, 7) is 12.4. The number of ether oxygens (including phenoxy) is 8. The molecule has 1 fully saturated rings. The first-order valence-corrected chi connectivity index (χ1v) is 29.0. The number of nitrogens with one attached hydrogen (secondary N) is 1. The molecule has 0 saturated carbocycles. The highest BCUT2D eigenvalue weighted by molar-refractivity contribution is 8.76. The van der Waals surface area contributed by atoms with E-state index in [-0.39, 0.29) is 65.2 Å². The molecule has 0 aromatic carbocycles. The zero-order chi connectivity index (χ0) is 58.1. The van der Waals surface area contributed by atoms with E-state index >= 15 is 0 Å². The highest BCUT2D eigenvalue weighted by Gasteiger charge is 2.55. The zero-order valence-electron chi connectivity index (χ0n) is 44.9. The Morgan fingerprint density at radius 1 is 0.883 bits per heavy atom. The Kier molecular flexibility index (Phi) is 30.1. The van der Waals surface area contributed by atoms with Gasteiger partial charge < -0.3 is 58.5 Å². The Balaban J connectivity index is 2.39. The second-order valence-electron chi connectivity index (χ2n) is 19.0. The van der Waals surface area contributed by atoms with E-state index in [4.69, 9.17) is 50.1 Å². The van der Waals surface area contributed by atoms with Crippen LogP contribution in [0.5, 0.6) is 0 Å². The van der Waals surface area contributed by atoms with Crippen LogP contribution in [-0.2, 0) is 76.3 Å². The second kappa shape index (κ2) is 33.5. The van der Waals surface area contributed by atoms with Gasteiger partial charge in [0, 0.05) is 56.4 Å². The summed E-state index contributed by atoms with van der Waals surface area (Å²) in [5.74, 6) is -5.72. The van der Waals surface area contributed by atoms with Gasteiger partial charge in [0.1, 0.15) is 46.0 Å². The van der Waals surface area contributed by atoms with E-state index in [0.717, 1.165) is 44.5 Å². The van der Waals surface area contributed by atoms with Crippen molar-refractivity contribution >= 4 is 116 Å². The highest BCUT2D eigenvalue weighted by atomic mass is 33.1. The minimum Gasteiger partial charge on any atom is -0.481 e. The minimum absolute atomic E-state index is 0.0184. The zero-order valence-corrected chi connectivity index (χ0v) is 49.0. The molecular formula is C49H71BN3O19S5. The van der Waals surface area contributed by atoms with Crippen LogP contribution in [0.25, 0.3) is 0 Å². The molecule has 0 spiro atoms. The van der Waals surface area contributed by atoms with Crippen molar-refractivity contribution in [2.24, 2.45) is 10.8 Å². The van der Waals surface area contributed by atoms with Crippen molar-refractivity contribution in [3.8, 4) is 6.07 Å². The van der Waals surface area contributed by atoms with Crippen LogP contribution in [-0.4, -0.2) is 177 Å². The van der Waals surface area contributed by atoms with Gasteiger partial charge in [0.2, 0.25) is 5.91 Å². The molecule has 1 aromatic heterocycles. The van der Waals surface area contributed by atoms with Gasteiger partial charge >= 0.3 is 35.8 Å². The molecule has 0 bridgehead atoms. The van der Waals surface area contributed by atoms with Crippen molar-refractivity contribution in [2.75, 3.05) is 51.1 Å². The Morgan fingerprint density at radius 3 is 2.08 bits per heavy atom. The van der Waals surface area contributed by atoms with Crippen LogP contribution in [0.3, 0.4) is 0 Å².